The molecule has 36 heavy (non-hydrogen) atoms. The van der Waals surface area contributed by atoms with E-state index in [2.05, 4.69) is 10.3 Å². The van der Waals surface area contributed by atoms with Gasteiger partial charge in [0.15, 0.2) is 0 Å². The molecule has 0 bridgehead atoms. The summed E-state index contributed by atoms with van der Waals surface area (Å²) in [5.41, 5.74) is 0.565. The molecule has 0 aliphatic rings. The normalized spacial score (nSPS) is 11.6. The summed E-state index contributed by atoms with van der Waals surface area (Å²) in [6.45, 7) is 7.97. The zero-order chi connectivity index (χ0) is 26.7. The van der Waals surface area contributed by atoms with Crippen molar-refractivity contribution in [2.45, 2.75) is 33.9 Å². The number of halogens is 3. The summed E-state index contributed by atoms with van der Waals surface area (Å²) in [5.74, 6) is 0.140. The van der Waals surface area contributed by atoms with E-state index in [4.69, 9.17) is 4.74 Å². The minimum Gasteiger partial charge on any atom is -0.465 e. The predicted molar refractivity (Wildman–Crippen MR) is 130 cm³/mol. The molecule has 2 N–H and O–H groups in total. The van der Waals surface area contributed by atoms with E-state index in [0.717, 1.165) is 24.3 Å². The van der Waals surface area contributed by atoms with Gasteiger partial charge in [0.2, 0.25) is 5.88 Å². The summed E-state index contributed by atoms with van der Waals surface area (Å²) in [5, 5.41) is 12.2. The van der Waals surface area contributed by atoms with E-state index >= 15 is 0 Å². The van der Waals surface area contributed by atoms with Gasteiger partial charge in [0.25, 0.3) is 5.91 Å². The van der Waals surface area contributed by atoms with Crippen LogP contribution in [0.25, 0.3) is 0 Å². The van der Waals surface area contributed by atoms with E-state index in [-0.39, 0.29) is 16.9 Å². The van der Waals surface area contributed by atoms with Gasteiger partial charge in [0, 0.05) is 23.9 Å². The molecular weight excluding hydrogens is 475 g/mol. The first-order chi connectivity index (χ1) is 16.7. The smallest absolute Gasteiger partial charge is 0.416 e. The number of alkyl halides is 3. The Morgan fingerprint density at radius 1 is 1.03 bits per heavy atom. The molecule has 0 aliphatic heterocycles. The molecule has 3 rings (SSSR count). The lowest BCUT2D eigenvalue weighted by Gasteiger charge is -2.28. The Bertz CT molecular complexity index is 1240. The van der Waals surface area contributed by atoms with Gasteiger partial charge in [-0.25, -0.2) is 9.78 Å². The molecule has 1 aromatic heterocycles. The van der Waals surface area contributed by atoms with E-state index < -0.39 is 23.7 Å². The Hall–Kier alpha value is -4.08. The predicted octanol–water partition coefficient (Wildman–Crippen LogP) is 6.98. The largest absolute Gasteiger partial charge is 0.465 e. The van der Waals surface area contributed by atoms with Gasteiger partial charge in [-0.05, 0) is 66.4 Å². The van der Waals surface area contributed by atoms with Gasteiger partial charge in [0.05, 0.1) is 17.4 Å². The van der Waals surface area contributed by atoms with Crippen molar-refractivity contribution in [2.75, 3.05) is 16.8 Å². The monoisotopic (exact) mass is 501 g/mol. The number of benzene rings is 2. The Labute approximate surface area is 206 Å². The molecule has 0 fully saturated rings. The average Bonchev–Trinajstić information content (AvgIpc) is 2.79. The van der Waals surface area contributed by atoms with Crippen molar-refractivity contribution in [1.29, 1.82) is 0 Å². The number of anilines is 2. The van der Waals surface area contributed by atoms with Gasteiger partial charge >= 0.3 is 12.3 Å². The summed E-state index contributed by atoms with van der Waals surface area (Å²) in [6.07, 6.45) is -4.17. The highest BCUT2D eigenvalue weighted by Gasteiger charge is 2.30. The number of hydrogen-bond donors (Lipinski definition) is 2. The van der Waals surface area contributed by atoms with E-state index in [9.17, 15) is 27.9 Å². The van der Waals surface area contributed by atoms with Gasteiger partial charge in [0.1, 0.15) is 5.75 Å². The molecule has 2 aromatic carbocycles. The van der Waals surface area contributed by atoms with Gasteiger partial charge in [-0.3, -0.25) is 9.69 Å². The van der Waals surface area contributed by atoms with Crippen molar-refractivity contribution in [1.82, 2.24) is 4.98 Å². The third kappa shape index (κ3) is 6.97. The van der Waals surface area contributed by atoms with Crippen LogP contribution >= 0.6 is 0 Å². The van der Waals surface area contributed by atoms with Crippen LogP contribution in [0.15, 0.2) is 60.8 Å². The van der Waals surface area contributed by atoms with Crippen molar-refractivity contribution in [3.05, 3.63) is 77.5 Å². The highest BCUT2D eigenvalue weighted by atomic mass is 19.4. The molecule has 7 nitrogen and oxygen atoms in total. The maximum absolute atomic E-state index is 12.7. The molecule has 0 atom stereocenters. The summed E-state index contributed by atoms with van der Waals surface area (Å²) >= 11 is 0. The first-order valence-electron chi connectivity index (χ1n) is 11.0. The van der Waals surface area contributed by atoms with Crippen molar-refractivity contribution >= 4 is 23.4 Å². The van der Waals surface area contributed by atoms with Crippen molar-refractivity contribution in [3.8, 4) is 11.6 Å². The van der Waals surface area contributed by atoms with E-state index in [1.165, 1.54) is 17.2 Å². The van der Waals surface area contributed by atoms with Crippen LogP contribution in [0.3, 0.4) is 0 Å². The zero-order valence-electron chi connectivity index (χ0n) is 20.2. The molecule has 2 amide bonds. The molecule has 0 radical (unpaired) electrons. The third-order valence-corrected chi connectivity index (χ3v) is 5.02. The molecule has 0 saturated heterocycles. The summed E-state index contributed by atoms with van der Waals surface area (Å²) in [4.78, 5) is 29.5. The maximum Gasteiger partial charge on any atom is 0.416 e. The first kappa shape index (κ1) is 26.5. The fourth-order valence-corrected chi connectivity index (χ4v) is 3.30. The number of pyridine rings is 1. The third-order valence-electron chi connectivity index (χ3n) is 5.02. The second kappa shape index (κ2) is 10.3. The lowest BCUT2D eigenvalue weighted by molar-refractivity contribution is -0.137. The summed E-state index contributed by atoms with van der Waals surface area (Å²) in [6, 6.07) is 12.0. The minimum absolute atomic E-state index is 0.0703. The Kier molecular flexibility index (Phi) is 7.57. The number of aromatic nitrogens is 1. The number of hydrogen-bond acceptors (Lipinski definition) is 4. The number of ether oxygens (including phenoxy) is 1. The zero-order valence-corrected chi connectivity index (χ0v) is 20.2. The molecule has 0 saturated carbocycles. The van der Waals surface area contributed by atoms with E-state index in [1.54, 1.807) is 31.2 Å². The number of amides is 2. The quantitative estimate of drug-likeness (QED) is 0.380. The van der Waals surface area contributed by atoms with Crippen LogP contribution in [0.4, 0.5) is 29.3 Å². The Morgan fingerprint density at radius 2 is 1.69 bits per heavy atom. The maximum atomic E-state index is 12.7. The number of carbonyl (C=O) groups is 2. The molecule has 3 aromatic rings. The fourth-order valence-electron chi connectivity index (χ4n) is 3.30. The summed E-state index contributed by atoms with van der Waals surface area (Å²) < 4.78 is 43.9. The number of carboxylic acid groups (broad SMARTS) is 1. The lowest BCUT2D eigenvalue weighted by Crippen LogP contribution is -2.36. The molecule has 0 aliphatic carbocycles. The molecule has 10 heteroatoms. The topological polar surface area (TPSA) is 91.8 Å². The van der Waals surface area contributed by atoms with Crippen molar-refractivity contribution in [3.63, 3.8) is 0 Å². The number of carbonyl (C=O) groups excluding carboxylic acids is 1. The van der Waals surface area contributed by atoms with Crippen LogP contribution in [-0.2, 0) is 6.18 Å². The molecule has 0 spiro atoms. The van der Waals surface area contributed by atoms with Crippen LogP contribution in [0.1, 0.15) is 42.3 Å². The van der Waals surface area contributed by atoms with Crippen LogP contribution in [0, 0.1) is 12.3 Å². The van der Waals surface area contributed by atoms with Crippen LogP contribution in [-0.4, -0.2) is 28.6 Å². The molecule has 190 valence electrons. The van der Waals surface area contributed by atoms with Gasteiger partial charge in [-0.15, -0.1) is 0 Å². The average molecular weight is 502 g/mol. The van der Waals surface area contributed by atoms with Crippen molar-refractivity contribution < 1.29 is 32.6 Å². The van der Waals surface area contributed by atoms with Crippen LogP contribution in [0.5, 0.6) is 11.6 Å². The fraction of sp³-hybridized carbons (Fsp3) is 0.269. The van der Waals surface area contributed by atoms with Crippen LogP contribution in [0.2, 0.25) is 0 Å². The van der Waals surface area contributed by atoms with Crippen molar-refractivity contribution in [2.24, 2.45) is 5.41 Å². The number of rotatable bonds is 6. The lowest BCUT2D eigenvalue weighted by atomic mass is 9.96. The second-order valence-corrected chi connectivity index (χ2v) is 9.40. The highest BCUT2D eigenvalue weighted by Crippen LogP contribution is 2.31. The number of nitrogens with zero attached hydrogens (tertiary/aromatic N) is 2. The van der Waals surface area contributed by atoms with Gasteiger partial charge < -0.3 is 15.2 Å². The summed E-state index contributed by atoms with van der Waals surface area (Å²) in [7, 11) is 0. The standard InChI is InChI=1S/C26H26F3N3O4/c1-16-13-20(32(24(34)35)15-25(2,3)4)10-11-21(16)36-22-12-9-19(14-30-22)31-23(33)17-5-7-18(8-6-17)26(27,28)29/h5-14H,15H2,1-4H3,(H,31,33)(H,34,35). The highest BCUT2D eigenvalue weighted by molar-refractivity contribution is 6.04. The van der Waals surface area contributed by atoms with Crippen LogP contribution < -0.4 is 15.0 Å². The molecule has 1 heterocycles. The number of nitrogens with one attached hydrogen (secondary N) is 1. The van der Waals surface area contributed by atoms with Gasteiger partial charge in [-0.2, -0.15) is 13.2 Å². The molecular formula is C26H26F3N3O4. The minimum atomic E-state index is -4.48. The van der Waals surface area contributed by atoms with E-state index in [1.807, 2.05) is 20.8 Å². The first-order valence-corrected chi connectivity index (χ1v) is 11.0. The van der Waals surface area contributed by atoms with Gasteiger partial charge in [-0.1, -0.05) is 20.8 Å². The second-order valence-electron chi connectivity index (χ2n) is 9.40. The Morgan fingerprint density at radius 3 is 2.19 bits per heavy atom. The molecule has 0 unspecified atom stereocenters. The number of aryl methyl sites for hydroxylation is 1. The SMILES string of the molecule is Cc1cc(N(CC(C)(C)C)C(=O)O)ccc1Oc1ccc(NC(=O)c2ccc(C(F)(F)F)cc2)cn1. The van der Waals surface area contributed by atoms with E-state index in [0.29, 0.717) is 29.2 Å². The Balaban J connectivity index is 1.67.